The molecule has 1 unspecified atom stereocenters. The van der Waals surface area contributed by atoms with Crippen LogP contribution >= 0.6 is 35.3 Å². The van der Waals surface area contributed by atoms with Crippen LogP contribution in [0.4, 0.5) is 5.13 Å². The average molecular weight is 374 g/mol. The molecule has 0 bridgehead atoms. The van der Waals surface area contributed by atoms with Crippen molar-refractivity contribution < 1.29 is 4.79 Å². The number of amides is 1. The van der Waals surface area contributed by atoms with Gasteiger partial charge in [0.25, 0.3) is 0 Å². The maximum absolute atomic E-state index is 11.8. The van der Waals surface area contributed by atoms with Crippen molar-refractivity contribution in [3.8, 4) is 0 Å². The van der Waals surface area contributed by atoms with Gasteiger partial charge < -0.3 is 11.1 Å². The Morgan fingerprint density at radius 3 is 2.87 bits per heavy atom. The highest BCUT2D eigenvalue weighted by Crippen LogP contribution is 2.24. The van der Waals surface area contributed by atoms with Gasteiger partial charge in [-0.05, 0) is 43.5 Å². The van der Waals surface area contributed by atoms with E-state index in [0.29, 0.717) is 18.0 Å². The summed E-state index contributed by atoms with van der Waals surface area (Å²) in [5.74, 6) is -0.0409. The highest BCUT2D eigenvalue weighted by Gasteiger charge is 2.09. The van der Waals surface area contributed by atoms with Gasteiger partial charge in [0.15, 0.2) is 5.13 Å². The predicted molar refractivity (Wildman–Crippen MR) is 99.9 cm³/mol. The van der Waals surface area contributed by atoms with Gasteiger partial charge in [0.05, 0.1) is 0 Å². The van der Waals surface area contributed by atoms with Gasteiger partial charge in [0.2, 0.25) is 5.91 Å². The molecule has 1 aromatic heterocycles. The van der Waals surface area contributed by atoms with Crippen LogP contribution in [-0.2, 0) is 11.2 Å². The zero-order chi connectivity index (χ0) is 16.1. The number of benzene rings is 1. The third-order valence-corrected chi connectivity index (χ3v) is 4.44. The predicted octanol–water partition coefficient (Wildman–Crippen LogP) is 4.18. The van der Waals surface area contributed by atoms with E-state index >= 15 is 0 Å². The Bertz CT molecular complexity index is 659. The van der Waals surface area contributed by atoms with Crippen molar-refractivity contribution in [3.63, 3.8) is 0 Å². The molecule has 3 N–H and O–H groups in total. The maximum atomic E-state index is 11.8. The Morgan fingerprint density at radius 1 is 1.48 bits per heavy atom. The van der Waals surface area contributed by atoms with Gasteiger partial charge in [0, 0.05) is 35.0 Å². The molecule has 7 heteroatoms. The molecular formula is C16H21Cl2N3OS. The van der Waals surface area contributed by atoms with Crippen molar-refractivity contribution in [1.82, 2.24) is 4.98 Å². The molecule has 0 aliphatic rings. The number of aromatic nitrogens is 1. The van der Waals surface area contributed by atoms with E-state index in [1.165, 1.54) is 16.9 Å². The molecule has 0 spiro atoms. The van der Waals surface area contributed by atoms with Crippen LogP contribution in [0.25, 0.3) is 0 Å². The fraction of sp³-hybridized carbons (Fsp3) is 0.375. The summed E-state index contributed by atoms with van der Waals surface area (Å²) in [5.41, 5.74) is 8.01. The van der Waals surface area contributed by atoms with Crippen LogP contribution in [0.1, 0.15) is 35.8 Å². The number of hydrogen-bond donors (Lipinski definition) is 2. The maximum Gasteiger partial charge on any atom is 0.226 e. The van der Waals surface area contributed by atoms with Gasteiger partial charge in [-0.2, -0.15) is 0 Å². The van der Waals surface area contributed by atoms with Crippen LogP contribution in [0.15, 0.2) is 24.4 Å². The van der Waals surface area contributed by atoms with E-state index in [9.17, 15) is 4.79 Å². The molecule has 1 amide bonds. The molecule has 0 fully saturated rings. The van der Waals surface area contributed by atoms with E-state index in [2.05, 4.69) is 10.3 Å². The molecule has 0 saturated heterocycles. The second-order valence-electron chi connectivity index (χ2n) is 5.44. The van der Waals surface area contributed by atoms with Gasteiger partial charge in [0.1, 0.15) is 0 Å². The van der Waals surface area contributed by atoms with Crippen molar-refractivity contribution in [2.24, 2.45) is 5.73 Å². The summed E-state index contributed by atoms with van der Waals surface area (Å²) >= 11 is 7.46. The molecule has 126 valence electrons. The lowest BCUT2D eigenvalue weighted by molar-refractivity contribution is -0.116. The molecule has 0 aliphatic heterocycles. The smallest absolute Gasteiger partial charge is 0.226 e. The second-order valence-corrected chi connectivity index (χ2v) is 7.00. The summed E-state index contributed by atoms with van der Waals surface area (Å²) in [6.45, 7) is 3.93. The first-order valence-corrected chi connectivity index (χ1v) is 8.38. The number of nitrogens with two attached hydrogens (primary N) is 1. The summed E-state index contributed by atoms with van der Waals surface area (Å²) in [7, 11) is 0. The van der Waals surface area contributed by atoms with Crippen LogP contribution in [0.2, 0.25) is 5.02 Å². The van der Waals surface area contributed by atoms with Crippen molar-refractivity contribution >= 4 is 46.4 Å². The Kier molecular flexibility index (Phi) is 7.99. The van der Waals surface area contributed by atoms with Crippen LogP contribution in [-0.4, -0.2) is 16.9 Å². The summed E-state index contributed by atoms with van der Waals surface area (Å²) < 4.78 is 0. The number of rotatable bonds is 6. The zero-order valence-electron chi connectivity index (χ0n) is 13.1. The standard InChI is InChI=1S/C16H20ClN3OS.ClH/c1-10-7-13(17)5-4-12(10)8-14-9-19-16(22-14)20-15(21)6-3-11(2)18;/h4-5,7,9,11H,3,6,8,18H2,1-2H3,(H,19,20,21);1H. The lowest BCUT2D eigenvalue weighted by Crippen LogP contribution is -2.19. The SMILES string of the molecule is Cc1cc(Cl)ccc1Cc1cnc(NC(=O)CCC(C)N)s1.Cl. The van der Waals surface area contributed by atoms with Crippen LogP contribution in [0.5, 0.6) is 0 Å². The summed E-state index contributed by atoms with van der Waals surface area (Å²) in [6.07, 6.45) is 3.69. The fourth-order valence-corrected chi connectivity index (χ4v) is 3.11. The van der Waals surface area contributed by atoms with Gasteiger partial charge in [-0.25, -0.2) is 4.98 Å². The summed E-state index contributed by atoms with van der Waals surface area (Å²) in [6, 6.07) is 5.90. The minimum absolute atomic E-state index is 0. The molecule has 0 radical (unpaired) electrons. The number of hydrogen-bond acceptors (Lipinski definition) is 4. The molecule has 1 aromatic carbocycles. The number of carbonyl (C=O) groups is 1. The highest BCUT2D eigenvalue weighted by molar-refractivity contribution is 7.15. The topological polar surface area (TPSA) is 68.0 Å². The number of anilines is 1. The minimum atomic E-state index is -0.0409. The number of thiazole rings is 1. The monoisotopic (exact) mass is 373 g/mol. The molecular weight excluding hydrogens is 353 g/mol. The second kappa shape index (κ2) is 9.23. The first-order valence-electron chi connectivity index (χ1n) is 7.19. The number of carbonyl (C=O) groups excluding carboxylic acids is 1. The first kappa shape index (κ1) is 19.9. The van der Waals surface area contributed by atoms with Crippen LogP contribution in [0.3, 0.4) is 0 Å². The van der Waals surface area contributed by atoms with Gasteiger partial charge in [-0.3, -0.25) is 4.79 Å². The quantitative estimate of drug-likeness (QED) is 0.797. The van der Waals surface area contributed by atoms with Gasteiger partial charge in [-0.1, -0.05) is 17.7 Å². The van der Waals surface area contributed by atoms with E-state index in [4.69, 9.17) is 17.3 Å². The molecule has 1 heterocycles. The molecule has 2 rings (SSSR count). The lowest BCUT2D eigenvalue weighted by Gasteiger charge is -2.05. The van der Waals surface area contributed by atoms with E-state index in [1.54, 1.807) is 6.20 Å². The largest absolute Gasteiger partial charge is 0.328 e. The van der Waals surface area contributed by atoms with Crippen molar-refractivity contribution in [1.29, 1.82) is 0 Å². The molecule has 1 atom stereocenters. The number of nitrogens with one attached hydrogen (secondary N) is 1. The van der Waals surface area contributed by atoms with E-state index in [-0.39, 0.29) is 24.4 Å². The van der Waals surface area contributed by atoms with Gasteiger partial charge in [-0.15, -0.1) is 23.7 Å². The minimum Gasteiger partial charge on any atom is -0.328 e. The molecule has 2 aromatic rings. The molecule has 0 aliphatic carbocycles. The van der Waals surface area contributed by atoms with Crippen LogP contribution in [0, 0.1) is 6.92 Å². The Morgan fingerprint density at radius 2 is 2.22 bits per heavy atom. The third kappa shape index (κ3) is 6.47. The summed E-state index contributed by atoms with van der Waals surface area (Å²) in [4.78, 5) is 17.1. The molecule has 4 nitrogen and oxygen atoms in total. The van der Waals surface area contributed by atoms with Crippen LogP contribution < -0.4 is 11.1 Å². The van der Waals surface area contributed by atoms with Crippen molar-refractivity contribution in [3.05, 3.63) is 45.4 Å². The third-order valence-electron chi connectivity index (χ3n) is 3.30. The normalized spacial score (nSPS) is 11.7. The van der Waals surface area contributed by atoms with E-state index in [0.717, 1.165) is 21.9 Å². The zero-order valence-corrected chi connectivity index (χ0v) is 15.5. The fourth-order valence-electron chi connectivity index (χ4n) is 2.03. The highest BCUT2D eigenvalue weighted by atomic mass is 35.5. The first-order chi connectivity index (χ1) is 10.4. The lowest BCUT2D eigenvalue weighted by atomic mass is 10.1. The number of aryl methyl sites for hydroxylation is 1. The Hall–Kier alpha value is -1.14. The van der Waals surface area contributed by atoms with Gasteiger partial charge >= 0.3 is 0 Å². The Balaban J connectivity index is 0.00000264. The molecule has 0 saturated carbocycles. The number of halogens is 2. The van der Waals surface area contributed by atoms with E-state index in [1.807, 2.05) is 32.0 Å². The number of nitrogens with zero attached hydrogens (tertiary/aromatic N) is 1. The Labute approximate surface area is 151 Å². The molecule has 23 heavy (non-hydrogen) atoms. The van der Waals surface area contributed by atoms with Crippen molar-refractivity contribution in [2.75, 3.05) is 5.32 Å². The van der Waals surface area contributed by atoms with Crippen molar-refractivity contribution in [2.45, 2.75) is 39.2 Å². The summed E-state index contributed by atoms with van der Waals surface area (Å²) in [5, 5.41) is 4.20. The van der Waals surface area contributed by atoms with E-state index < -0.39 is 0 Å². The average Bonchev–Trinajstić information content (AvgIpc) is 2.87.